The molecule has 2 unspecified atom stereocenters. The van der Waals surface area contributed by atoms with Crippen LogP contribution in [0.15, 0.2) is 35.1 Å². The highest BCUT2D eigenvalue weighted by Gasteiger charge is 2.41. The summed E-state index contributed by atoms with van der Waals surface area (Å²) in [5.74, 6) is -0.548. The molecule has 1 saturated heterocycles. The maximum Gasteiger partial charge on any atom is 0.312 e. The zero-order valence-corrected chi connectivity index (χ0v) is 18.2. The summed E-state index contributed by atoms with van der Waals surface area (Å²) < 4.78 is 3.01. The van der Waals surface area contributed by atoms with E-state index in [0.29, 0.717) is 24.5 Å². The third-order valence-electron chi connectivity index (χ3n) is 5.49. The van der Waals surface area contributed by atoms with Crippen molar-refractivity contribution in [1.82, 2.24) is 25.3 Å². The van der Waals surface area contributed by atoms with Crippen LogP contribution in [0.4, 0.5) is 4.79 Å². The van der Waals surface area contributed by atoms with E-state index in [-0.39, 0.29) is 12.1 Å². The summed E-state index contributed by atoms with van der Waals surface area (Å²) in [7, 11) is 0. The number of carbonyl (C=O) groups is 2. The fourth-order valence-corrected chi connectivity index (χ4v) is 3.97. The molecule has 0 aliphatic carbocycles. The maximum atomic E-state index is 13.3. The molecule has 10 heteroatoms. The molecule has 2 atom stereocenters. The van der Waals surface area contributed by atoms with Gasteiger partial charge in [-0.25, -0.2) is 9.48 Å². The molecule has 3 rings (SSSR count). The van der Waals surface area contributed by atoms with E-state index in [1.54, 1.807) is 56.6 Å². The van der Waals surface area contributed by atoms with Crippen LogP contribution in [0.5, 0.6) is 0 Å². The van der Waals surface area contributed by atoms with Crippen LogP contribution in [-0.4, -0.2) is 56.7 Å². The number of hydrogen-bond donors (Lipinski definition) is 5. The monoisotopic (exact) mass is 430 g/mol. The highest BCUT2D eigenvalue weighted by Crippen LogP contribution is 2.18. The Morgan fingerprint density at radius 3 is 2.55 bits per heavy atom. The molecular formula is C21H30N6O4. The molecule has 2 aromatic rings. The zero-order chi connectivity index (χ0) is 23.0. The second-order valence-electron chi connectivity index (χ2n) is 8.85. The minimum atomic E-state index is -1.11. The van der Waals surface area contributed by atoms with E-state index >= 15 is 0 Å². The average Bonchev–Trinajstić information content (AvgIpc) is 3.11. The Labute approximate surface area is 180 Å². The molecule has 0 bridgehead atoms. The van der Waals surface area contributed by atoms with Gasteiger partial charge in [0, 0.05) is 13.1 Å². The standard InChI is InChI=1S/C21H30N6O4/c1-13-16(17(28)24-15-10-23-11-21(15,4)25-19(22)30)18(29)27(14-8-6-5-7-9-14)26(13)12-20(2,3)31/h5-9,15,23,31H,10-12H2,1-4H3,(H,24,28)(H3,22,25,30). The van der Waals surface area contributed by atoms with Crippen molar-refractivity contribution in [1.29, 1.82) is 0 Å². The van der Waals surface area contributed by atoms with Gasteiger partial charge in [-0.05, 0) is 39.8 Å². The Morgan fingerprint density at radius 2 is 1.97 bits per heavy atom. The predicted molar refractivity (Wildman–Crippen MR) is 116 cm³/mol. The smallest absolute Gasteiger partial charge is 0.312 e. The Bertz CT molecular complexity index is 1040. The number of hydrogen-bond acceptors (Lipinski definition) is 5. The first-order valence-corrected chi connectivity index (χ1v) is 10.1. The largest absolute Gasteiger partial charge is 0.389 e. The molecule has 1 aromatic carbocycles. The second-order valence-corrected chi connectivity index (χ2v) is 8.85. The van der Waals surface area contributed by atoms with Crippen LogP contribution in [0.25, 0.3) is 5.69 Å². The number of amides is 3. The molecule has 2 heterocycles. The van der Waals surface area contributed by atoms with E-state index in [9.17, 15) is 19.5 Å². The van der Waals surface area contributed by atoms with E-state index < -0.39 is 34.7 Å². The van der Waals surface area contributed by atoms with Crippen LogP contribution in [0.3, 0.4) is 0 Å². The zero-order valence-electron chi connectivity index (χ0n) is 18.2. The Balaban J connectivity index is 2.02. The summed E-state index contributed by atoms with van der Waals surface area (Å²) >= 11 is 0. The van der Waals surface area contributed by atoms with Gasteiger partial charge in [-0.15, -0.1) is 0 Å². The fraction of sp³-hybridized carbons (Fsp3) is 0.476. The minimum Gasteiger partial charge on any atom is -0.389 e. The van der Waals surface area contributed by atoms with Crippen molar-refractivity contribution in [2.24, 2.45) is 5.73 Å². The number of primary amides is 1. The molecule has 0 radical (unpaired) electrons. The molecule has 1 fully saturated rings. The van der Waals surface area contributed by atoms with Crippen LogP contribution in [0.1, 0.15) is 36.8 Å². The van der Waals surface area contributed by atoms with Crippen molar-refractivity contribution in [3.05, 3.63) is 51.9 Å². The Kier molecular flexibility index (Phi) is 5.97. The molecule has 10 nitrogen and oxygen atoms in total. The van der Waals surface area contributed by atoms with Gasteiger partial charge in [0.25, 0.3) is 11.5 Å². The predicted octanol–water partition coefficient (Wildman–Crippen LogP) is -0.153. The normalized spacial score (nSPS) is 21.1. The number of carbonyl (C=O) groups excluding carboxylic acids is 2. The number of nitrogens with zero attached hydrogens (tertiary/aromatic N) is 2. The first kappa shape index (κ1) is 22.6. The van der Waals surface area contributed by atoms with Gasteiger partial charge in [-0.3, -0.25) is 14.3 Å². The first-order chi connectivity index (χ1) is 14.4. The number of nitrogens with one attached hydrogen (secondary N) is 3. The summed E-state index contributed by atoms with van der Waals surface area (Å²) in [5.41, 5.74) is 3.91. The molecule has 0 saturated carbocycles. The summed E-state index contributed by atoms with van der Waals surface area (Å²) in [6.45, 7) is 7.68. The molecular weight excluding hydrogens is 400 g/mol. The van der Waals surface area contributed by atoms with Crippen LogP contribution >= 0.6 is 0 Å². The third kappa shape index (κ3) is 4.64. The number of benzene rings is 1. The van der Waals surface area contributed by atoms with Crippen molar-refractivity contribution < 1.29 is 14.7 Å². The fourth-order valence-electron chi connectivity index (χ4n) is 3.97. The molecule has 168 valence electrons. The first-order valence-electron chi connectivity index (χ1n) is 10.1. The number of rotatable bonds is 6. The Morgan fingerprint density at radius 1 is 1.32 bits per heavy atom. The molecule has 0 spiro atoms. The number of para-hydroxylation sites is 1. The van der Waals surface area contributed by atoms with Gasteiger partial charge in [0.15, 0.2) is 0 Å². The van der Waals surface area contributed by atoms with Crippen molar-refractivity contribution >= 4 is 11.9 Å². The van der Waals surface area contributed by atoms with Crippen LogP contribution < -0.4 is 27.2 Å². The van der Waals surface area contributed by atoms with Gasteiger partial charge in [-0.1, -0.05) is 18.2 Å². The second kappa shape index (κ2) is 8.20. The molecule has 1 aromatic heterocycles. The lowest BCUT2D eigenvalue weighted by atomic mass is 9.95. The van der Waals surface area contributed by atoms with Crippen LogP contribution in [-0.2, 0) is 6.54 Å². The van der Waals surface area contributed by atoms with E-state index in [1.807, 2.05) is 6.07 Å². The summed E-state index contributed by atoms with van der Waals surface area (Å²) in [6, 6.07) is 7.79. The summed E-state index contributed by atoms with van der Waals surface area (Å²) in [5, 5.41) is 19.0. The molecule has 1 aliphatic rings. The van der Waals surface area contributed by atoms with Gasteiger partial charge in [0.05, 0.1) is 35.1 Å². The van der Waals surface area contributed by atoms with Gasteiger partial charge < -0.3 is 26.8 Å². The van der Waals surface area contributed by atoms with Crippen molar-refractivity contribution in [2.45, 2.75) is 51.4 Å². The SMILES string of the molecule is Cc1c(C(=O)NC2CNCC2(C)NC(N)=O)c(=O)n(-c2ccccc2)n1CC(C)(C)O. The van der Waals surface area contributed by atoms with E-state index in [0.717, 1.165) is 0 Å². The maximum absolute atomic E-state index is 13.3. The minimum absolute atomic E-state index is 0.0126. The lowest BCUT2D eigenvalue weighted by Gasteiger charge is -2.31. The van der Waals surface area contributed by atoms with E-state index in [4.69, 9.17) is 5.73 Å². The Hall–Kier alpha value is -3.11. The highest BCUT2D eigenvalue weighted by molar-refractivity contribution is 5.95. The van der Waals surface area contributed by atoms with Gasteiger partial charge >= 0.3 is 6.03 Å². The number of urea groups is 1. The van der Waals surface area contributed by atoms with Crippen LogP contribution in [0.2, 0.25) is 0 Å². The highest BCUT2D eigenvalue weighted by atomic mass is 16.3. The van der Waals surface area contributed by atoms with E-state index in [1.165, 1.54) is 4.68 Å². The number of aromatic nitrogens is 2. The lowest BCUT2D eigenvalue weighted by molar-refractivity contribution is 0.0545. The number of nitrogens with two attached hydrogens (primary N) is 1. The lowest BCUT2D eigenvalue weighted by Crippen LogP contribution is -2.61. The van der Waals surface area contributed by atoms with Crippen molar-refractivity contribution in [3.8, 4) is 5.69 Å². The van der Waals surface area contributed by atoms with Gasteiger partial charge in [0.2, 0.25) is 0 Å². The van der Waals surface area contributed by atoms with Gasteiger partial charge in [-0.2, -0.15) is 0 Å². The van der Waals surface area contributed by atoms with E-state index in [2.05, 4.69) is 16.0 Å². The van der Waals surface area contributed by atoms with Crippen molar-refractivity contribution in [3.63, 3.8) is 0 Å². The molecule has 31 heavy (non-hydrogen) atoms. The quantitative estimate of drug-likeness (QED) is 0.433. The molecule has 1 aliphatic heterocycles. The number of aliphatic hydroxyl groups is 1. The topological polar surface area (TPSA) is 143 Å². The van der Waals surface area contributed by atoms with Gasteiger partial charge in [0.1, 0.15) is 5.56 Å². The summed E-state index contributed by atoms with van der Waals surface area (Å²) in [6.07, 6.45) is 0. The molecule has 6 N–H and O–H groups in total. The van der Waals surface area contributed by atoms with Crippen LogP contribution in [0, 0.1) is 6.92 Å². The molecule has 3 amide bonds. The average molecular weight is 431 g/mol. The third-order valence-corrected chi connectivity index (χ3v) is 5.49. The van der Waals surface area contributed by atoms with Crippen molar-refractivity contribution in [2.75, 3.05) is 13.1 Å². The summed E-state index contributed by atoms with van der Waals surface area (Å²) in [4.78, 5) is 37.9.